The van der Waals surface area contributed by atoms with E-state index in [-0.39, 0.29) is 29.2 Å². The molecule has 11 heteroatoms. The minimum absolute atomic E-state index is 0.0245. The van der Waals surface area contributed by atoms with Crippen LogP contribution in [0.1, 0.15) is 32.7 Å². The first kappa shape index (κ1) is 25.3. The Kier molecular flexibility index (Phi) is 8.74. The molecule has 0 aliphatic carbocycles. The van der Waals surface area contributed by atoms with Crippen LogP contribution < -0.4 is 10.0 Å². The summed E-state index contributed by atoms with van der Waals surface area (Å²) in [5, 5.41) is 3.06. The number of esters is 1. The maximum Gasteiger partial charge on any atom is 0.326 e. The number of carbonyl (C=O) groups is 3. The summed E-state index contributed by atoms with van der Waals surface area (Å²) < 4.78 is 37.2. The van der Waals surface area contributed by atoms with E-state index in [1.54, 1.807) is 31.4 Å². The lowest BCUT2D eigenvalue weighted by Gasteiger charge is -2.13. The summed E-state index contributed by atoms with van der Waals surface area (Å²) in [5.74, 6) is -2.15. The Morgan fingerprint density at radius 2 is 1.74 bits per heavy atom. The molecule has 10 nitrogen and oxygen atoms in total. The molecular weight excluding hydrogens is 462 g/mol. The van der Waals surface area contributed by atoms with Crippen molar-refractivity contribution < 1.29 is 32.3 Å². The molecule has 0 spiro atoms. The minimum Gasteiger partial charge on any atom is -0.459 e. The number of nitrogens with one attached hydrogen (secondary N) is 2. The molecule has 1 aliphatic heterocycles. The summed E-state index contributed by atoms with van der Waals surface area (Å²) in [7, 11) is -2.06. The minimum atomic E-state index is -3.65. The number of anilines is 1. The number of methoxy groups -OCH3 is 1. The highest BCUT2D eigenvalue weighted by molar-refractivity contribution is 7.92. The second-order valence-electron chi connectivity index (χ2n) is 7.62. The first-order valence-electron chi connectivity index (χ1n) is 10.7. The average Bonchev–Trinajstić information content (AvgIpc) is 3.04. The van der Waals surface area contributed by atoms with Crippen LogP contribution in [-0.2, 0) is 30.9 Å². The second-order valence-corrected chi connectivity index (χ2v) is 9.46. The number of fused-ring (bicyclic) bond motifs is 1. The number of hydrogen-bond donors (Lipinski definition) is 2. The van der Waals surface area contributed by atoms with E-state index >= 15 is 0 Å². The molecule has 1 aliphatic rings. The average molecular weight is 490 g/mol. The van der Waals surface area contributed by atoms with Gasteiger partial charge < -0.3 is 14.8 Å². The van der Waals surface area contributed by atoms with Gasteiger partial charge in [-0.2, -0.15) is 0 Å². The van der Waals surface area contributed by atoms with Crippen molar-refractivity contribution in [1.29, 1.82) is 0 Å². The molecule has 34 heavy (non-hydrogen) atoms. The fourth-order valence-corrected chi connectivity index (χ4v) is 4.44. The Labute approximate surface area is 198 Å². The third-order valence-electron chi connectivity index (χ3n) is 5.02. The fraction of sp³-hybridized carbons (Fsp3) is 0.348. The highest BCUT2D eigenvalue weighted by atomic mass is 32.2. The third-order valence-corrected chi connectivity index (χ3v) is 6.40. The van der Waals surface area contributed by atoms with Crippen LogP contribution in [0.2, 0.25) is 0 Å². The number of nitrogens with zero attached hydrogens (tertiary/aromatic N) is 1. The van der Waals surface area contributed by atoms with Crippen LogP contribution in [0.5, 0.6) is 0 Å². The van der Waals surface area contributed by atoms with E-state index in [2.05, 4.69) is 10.0 Å². The normalized spacial score (nSPS) is 13.1. The number of hydrogen-bond acceptors (Lipinski definition) is 8. The van der Waals surface area contributed by atoms with Crippen molar-refractivity contribution in [2.75, 3.05) is 43.8 Å². The van der Waals surface area contributed by atoms with E-state index in [9.17, 15) is 22.8 Å². The number of carbonyl (C=O) groups excluding carboxylic acids is 3. The van der Waals surface area contributed by atoms with Gasteiger partial charge in [0, 0.05) is 19.3 Å². The van der Waals surface area contributed by atoms with Crippen molar-refractivity contribution in [3.8, 4) is 0 Å². The number of imide groups is 1. The van der Waals surface area contributed by atoms with Crippen LogP contribution in [0.3, 0.4) is 0 Å². The molecule has 0 radical (unpaired) electrons. The lowest BCUT2D eigenvalue weighted by molar-refractivity contribution is -0.145. The molecule has 2 aromatic carbocycles. The van der Waals surface area contributed by atoms with Crippen LogP contribution in [0.25, 0.3) is 0 Å². The highest BCUT2D eigenvalue weighted by Gasteiger charge is 2.37. The third kappa shape index (κ3) is 6.86. The summed E-state index contributed by atoms with van der Waals surface area (Å²) in [5.41, 5.74) is 1.08. The van der Waals surface area contributed by atoms with Crippen molar-refractivity contribution in [1.82, 2.24) is 10.2 Å². The summed E-state index contributed by atoms with van der Waals surface area (Å²) in [6.07, 6.45) is 0.389. The summed E-state index contributed by atoms with van der Waals surface area (Å²) in [6, 6.07) is 13.1. The van der Waals surface area contributed by atoms with Crippen molar-refractivity contribution in [3.63, 3.8) is 0 Å². The number of amides is 2. The molecule has 0 unspecified atom stereocenters. The van der Waals surface area contributed by atoms with Gasteiger partial charge in [0.05, 0.1) is 23.5 Å². The SMILES string of the molecule is COCCNCCCS(=O)(=O)Nc1ccc2c(c1)C(=O)N(CC(=O)OCc1ccccc1)C2=O. The number of benzene rings is 2. The monoisotopic (exact) mass is 489 g/mol. The Morgan fingerprint density at radius 1 is 1.00 bits per heavy atom. The Bertz CT molecular complexity index is 1140. The van der Waals surface area contributed by atoms with E-state index in [0.717, 1.165) is 10.5 Å². The molecule has 2 N–H and O–H groups in total. The standard InChI is InChI=1S/C23H27N3O7S/c1-32-12-11-24-10-5-13-34(30,31)25-18-8-9-19-20(14-18)23(29)26(22(19)28)15-21(27)33-16-17-6-3-2-4-7-17/h2-4,6-9,14,24-25H,5,10-13,15-16H2,1H3. The van der Waals surface area contributed by atoms with Crippen molar-refractivity contribution in [2.24, 2.45) is 0 Å². The van der Waals surface area contributed by atoms with E-state index in [1.165, 1.54) is 18.2 Å². The quantitative estimate of drug-likeness (QED) is 0.245. The molecule has 0 bridgehead atoms. The van der Waals surface area contributed by atoms with E-state index in [1.807, 2.05) is 6.07 Å². The number of ether oxygens (including phenoxy) is 2. The topological polar surface area (TPSA) is 131 Å². The van der Waals surface area contributed by atoms with Crippen LogP contribution in [0, 0.1) is 0 Å². The highest BCUT2D eigenvalue weighted by Crippen LogP contribution is 2.26. The molecule has 0 fully saturated rings. The number of rotatable bonds is 13. The van der Waals surface area contributed by atoms with Crippen LogP contribution in [-0.4, -0.2) is 70.2 Å². The van der Waals surface area contributed by atoms with Gasteiger partial charge in [-0.1, -0.05) is 30.3 Å². The molecule has 2 aromatic rings. The van der Waals surface area contributed by atoms with Gasteiger partial charge in [-0.05, 0) is 36.7 Å². The molecule has 0 saturated heterocycles. The molecule has 0 saturated carbocycles. The smallest absolute Gasteiger partial charge is 0.326 e. The summed E-state index contributed by atoms with van der Waals surface area (Å²) in [6.45, 7) is 1.17. The molecule has 182 valence electrons. The molecule has 0 atom stereocenters. The maximum atomic E-state index is 12.7. The molecule has 1 heterocycles. The van der Waals surface area contributed by atoms with Gasteiger partial charge in [0.15, 0.2) is 0 Å². The van der Waals surface area contributed by atoms with E-state index < -0.39 is 34.4 Å². The Hall–Kier alpha value is -3.28. The van der Waals surface area contributed by atoms with Gasteiger partial charge in [-0.25, -0.2) is 8.42 Å². The van der Waals surface area contributed by atoms with Gasteiger partial charge in [-0.3, -0.25) is 24.0 Å². The van der Waals surface area contributed by atoms with Gasteiger partial charge in [0.2, 0.25) is 10.0 Å². The van der Waals surface area contributed by atoms with Gasteiger partial charge in [0.1, 0.15) is 13.2 Å². The second kappa shape index (κ2) is 11.7. The van der Waals surface area contributed by atoms with E-state index in [4.69, 9.17) is 9.47 Å². The van der Waals surface area contributed by atoms with Crippen molar-refractivity contribution in [3.05, 3.63) is 65.2 Å². The molecule has 2 amide bonds. The Balaban J connectivity index is 1.56. The maximum absolute atomic E-state index is 12.7. The lowest BCUT2D eigenvalue weighted by Crippen LogP contribution is -2.35. The van der Waals surface area contributed by atoms with E-state index in [0.29, 0.717) is 26.1 Å². The van der Waals surface area contributed by atoms with Crippen molar-refractivity contribution in [2.45, 2.75) is 13.0 Å². The van der Waals surface area contributed by atoms with Crippen LogP contribution >= 0.6 is 0 Å². The summed E-state index contributed by atoms with van der Waals surface area (Å²) in [4.78, 5) is 38.3. The zero-order chi connectivity index (χ0) is 24.6. The molecule has 3 rings (SSSR count). The molecular formula is C23H27N3O7S. The fourth-order valence-electron chi connectivity index (χ4n) is 3.33. The van der Waals surface area contributed by atoms with Crippen LogP contribution in [0.4, 0.5) is 5.69 Å². The van der Waals surface area contributed by atoms with Crippen molar-refractivity contribution >= 4 is 33.5 Å². The number of sulfonamides is 1. The molecule has 0 aromatic heterocycles. The van der Waals surface area contributed by atoms with Gasteiger partial charge >= 0.3 is 5.97 Å². The largest absolute Gasteiger partial charge is 0.459 e. The zero-order valence-electron chi connectivity index (χ0n) is 18.8. The Morgan fingerprint density at radius 3 is 2.47 bits per heavy atom. The van der Waals surface area contributed by atoms with Gasteiger partial charge in [-0.15, -0.1) is 0 Å². The first-order valence-corrected chi connectivity index (χ1v) is 12.4. The predicted molar refractivity (Wildman–Crippen MR) is 125 cm³/mol. The first-order chi connectivity index (χ1) is 16.3. The van der Waals surface area contributed by atoms with Gasteiger partial charge in [0.25, 0.3) is 11.8 Å². The zero-order valence-corrected chi connectivity index (χ0v) is 19.6. The van der Waals surface area contributed by atoms with Crippen LogP contribution in [0.15, 0.2) is 48.5 Å². The lowest BCUT2D eigenvalue weighted by atomic mass is 10.1. The summed E-state index contributed by atoms with van der Waals surface area (Å²) >= 11 is 0. The predicted octanol–water partition coefficient (Wildman–Crippen LogP) is 1.39.